The van der Waals surface area contributed by atoms with E-state index >= 15 is 0 Å². The minimum atomic E-state index is -3.01. The topological polar surface area (TPSA) is 80.3 Å². The molecule has 2 rings (SSSR count). The summed E-state index contributed by atoms with van der Waals surface area (Å²) in [7, 11) is -3.01. The Kier molecular flexibility index (Phi) is 4.82. The molecule has 1 aromatic heterocycles. The van der Waals surface area contributed by atoms with E-state index in [-0.39, 0.29) is 42.1 Å². The molecule has 0 saturated carbocycles. The van der Waals surface area contributed by atoms with Gasteiger partial charge in [0.1, 0.15) is 0 Å². The largest absolute Gasteiger partial charge is 0.352 e. The molecule has 1 fully saturated rings. The van der Waals surface area contributed by atoms with E-state index in [9.17, 15) is 18.0 Å². The zero-order valence-electron chi connectivity index (χ0n) is 10.6. The second-order valence-corrected chi connectivity index (χ2v) is 8.64. The summed E-state index contributed by atoms with van der Waals surface area (Å²) in [5.41, 5.74) is 0. The van der Waals surface area contributed by atoms with Crippen molar-refractivity contribution in [2.45, 2.75) is 25.3 Å². The fraction of sp³-hybridized carbons (Fsp3) is 0.500. The Morgan fingerprint density at radius 3 is 2.65 bits per heavy atom. The van der Waals surface area contributed by atoms with Gasteiger partial charge in [0.15, 0.2) is 15.6 Å². The van der Waals surface area contributed by atoms with Gasteiger partial charge >= 0.3 is 0 Å². The first kappa shape index (κ1) is 15.5. The smallest absolute Gasteiger partial charge is 0.220 e. The number of amides is 1. The first-order valence-corrected chi connectivity index (χ1v) is 9.15. The van der Waals surface area contributed by atoms with Crippen LogP contribution in [0.4, 0.5) is 0 Å². The molecule has 1 aliphatic heterocycles. The van der Waals surface area contributed by atoms with Crippen molar-refractivity contribution in [3.8, 4) is 0 Å². The van der Waals surface area contributed by atoms with Crippen LogP contribution in [0.3, 0.4) is 0 Å². The molecule has 1 aromatic rings. The molecule has 8 heteroatoms. The van der Waals surface area contributed by atoms with Gasteiger partial charge in [-0.15, -0.1) is 11.3 Å². The van der Waals surface area contributed by atoms with Crippen LogP contribution in [0.2, 0.25) is 4.34 Å². The number of nitrogens with one attached hydrogen (secondary N) is 1. The average molecular weight is 336 g/mol. The molecule has 1 saturated heterocycles. The van der Waals surface area contributed by atoms with E-state index in [0.29, 0.717) is 15.6 Å². The number of carbonyl (C=O) groups is 2. The fourth-order valence-corrected chi connectivity index (χ4v) is 4.71. The molecule has 0 aliphatic carbocycles. The lowest BCUT2D eigenvalue weighted by Gasteiger charge is -2.10. The number of sulfone groups is 1. The van der Waals surface area contributed by atoms with Crippen molar-refractivity contribution in [1.29, 1.82) is 0 Å². The predicted molar refractivity (Wildman–Crippen MR) is 78.1 cm³/mol. The second-order valence-electron chi connectivity index (χ2n) is 4.69. The van der Waals surface area contributed by atoms with Gasteiger partial charge in [0, 0.05) is 18.9 Å². The lowest BCUT2D eigenvalue weighted by atomic mass is 10.1. The van der Waals surface area contributed by atoms with Crippen LogP contribution in [0.15, 0.2) is 12.1 Å². The minimum absolute atomic E-state index is 0.00673. The molecular formula is C12H14ClNO4S2. The molecule has 1 N–H and O–H groups in total. The molecule has 2 heterocycles. The van der Waals surface area contributed by atoms with Crippen molar-refractivity contribution in [2.75, 3.05) is 11.5 Å². The molecule has 20 heavy (non-hydrogen) atoms. The maximum atomic E-state index is 11.8. The number of ketones is 1. The van der Waals surface area contributed by atoms with E-state index in [4.69, 9.17) is 11.6 Å². The summed E-state index contributed by atoms with van der Waals surface area (Å²) < 4.78 is 23.1. The number of hydrogen-bond acceptors (Lipinski definition) is 5. The third kappa shape index (κ3) is 4.29. The van der Waals surface area contributed by atoms with Crippen LogP contribution < -0.4 is 5.32 Å². The van der Waals surface area contributed by atoms with Gasteiger partial charge in [-0.1, -0.05) is 11.6 Å². The standard InChI is InChI=1S/C12H14ClNO4S2/c13-11-3-2-10(19-11)9(15)1-4-12(16)14-8-5-6-20(17,18)7-8/h2-3,8H,1,4-7H2,(H,14,16)/t8-/m0/s1. The van der Waals surface area contributed by atoms with E-state index in [2.05, 4.69) is 5.32 Å². The summed E-state index contributed by atoms with van der Waals surface area (Å²) in [5.74, 6) is -0.308. The maximum absolute atomic E-state index is 11.8. The van der Waals surface area contributed by atoms with Crippen molar-refractivity contribution >= 4 is 44.5 Å². The Hall–Kier alpha value is -0.920. The summed E-state index contributed by atoms with van der Waals surface area (Å²) >= 11 is 6.92. The van der Waals surface area contributed by atoms with Crippen molar-refractivity contribution in [3.05, 3.63) is 21.3 Å². The predicted octanol–water partition coefficient (Wildman–Crippen LogP) is 1.67. The van der Waals surface area contributed by atoms with Gasteiger partial charge < -0.3 is 5.32 Å². The molecule has 1 aliphatic rings. The Morgan fingerprint density at radius 2 is 2.10 bits per heavy atom. The van der Waals surface area contributed by atoms with Gasteiger partial charge in [-0.3, -0.25) is 9.59 Å². The Labute approximate surface area is 126 Å². The number of Topliss-reactive ketones (excluding diaryl/α,β-unsaturated/α-hetero) is 1. The normalized spacial score (nSPS) is 20.8. The lowest BCUT2D eigenvalue weighted by Crippen LogP contribution is -2.35. The highest BCUT2D eigenvalue weighted by Crippen LogP contribution is 2.22. The molecule has 1 amide bonds. The molecule has 5 nitrogen and oxygen atoms in total. The van der Waals surface area contributed by atoms with E-state index in [1.807, 2.05) is 0 Å². The molecule has 0 bridgehead atoms. The molecule has 0 radical (unpaired) electrons. The van der Waals surface area contributed by atoms with Crippen molar-refractivity contribution in [1.82, 2.24) is 5.32 Å². The summed E-state index contributed by atoms with van der Waals surface area (Å²) in [6, 6.07) is 2.96. The van der Waals surface area contributed by atoms with Crippen LogP contribution in [-0.2, 0) is 14.6 Å². The van der Waals surface area contributed by atoms with Crippen LogP contribution in [-0.4, -0.2) is 37.7 Å². The van der Waals surface area contributed by atoms with Gasteiger partial charge in [0.25, 0.3) is 0 Å². The van der Waals surface area contributed by atoms with E-state index < -0.39 is 9.84 Å². The number of rotatable bonds is 5. The monoisotopic (exact) mass is 335 g/mol. The number of hydrogen-bond donors (Lipinski definition) is 1. The van der Waals surface area contributed by atoms with Gasteiger partial charge in [0.05, 0.1) is 20.7 Å². The molecule has 0 unspecified atom stereocenters. The third-order valence-electron chi connectivity index (χ3n) is 3.02. The number of halogens is 1. The highest BCUT2D eigenvalue weighted by Gasteiger charge is 2.28. The van der Waals surface area contributed by atoms with E-state index in [1.165, 1.54) is 11.3 Å². The molecular weight excluding hydrogens is 322 g/mol. The number of carbonyl (C=O) groups excluding carboxylic acids is 2. The SMILES string of the molecule is O=C(CCC(=O)c1ccc(Cl)s1)N[C@H]1CCS(=O)(=O)C1. The zero-order chi connectivity index (χ0) is 14.8. The molecule has 0 aromatic carbocycles. The Balaban J connectivity index is 1.77. The van der Waals surface area contributed by atoms with Gasteiger partial charge in [-0.05, 0) is 18.6 Å². The summed E-state index contributed by atoms with van der Waals surface area (Å²) in [6.07, 6.45) is 0.607. The van der Waals surface area contributed by atoms with Crippen LogP contribution in [0.25, 0.3) is 0 Å². The Morgan fingerprint density at radius 1 is 1.35 bits per heavy atom. The quantitative estimate of drug-likeness (QED) is 0.830. The fourth-order valence-electron chi connectivity index (χ4n) is 2.02. The van der Waals surface area contributed by atoms with Crippen molar-refractivity contribution in [3.63, 3.8) is 0 Å². The summed E-state index contributed by atoms with van der Waals surface area (Å²) in [6.45, 7) is 0. The average Bonchev–Trinajstić information content (AvgIpc) is 2.92. The zero-order valence-corrected chi connectivity index (χ0v) is 13.0. The molecule has 0 spiro atoms. The highest BCUT2D eigenvalue weighted by molar-refractivity contribution is 7.91. The summed E-state index contributed by atoms with van der Waals surface area (Å²) in [5, 5.41) is 2.65. The van der Waals surface area contributed by atoms with Crippen molar-refractivity contribution < 1.29 is 18.0 Å². The van der Waals surface area contributed by atoms with Gasteiger partial charge in [-0.2, -0.15) is 0 Å². The van der Waals surface area contributed by atoms with E-state index in [0.717, 1.165) is 0 Å². The second kappa shape index (κ2) is 6.24. The lowest BCUT2D eigenvalue weighted by molar-refractivity contribution is -0.121. The third-order valence-corrected chi connectivity index (χ3v) is 6.06. The van der Waals surface area contributed by atoms with Crippen LogP contribution >= 0.6 is 22.9 Å². The summed E-state index contributed by atoms with van der Waals surface area (Å²) in [4.78, 5) is 24.0. The van der Waals surface area contributed by atoms with Crippen LogP contribution in [0.5, 0.6) is 0 Å². The van der Waals surface area contributed by atoms with Gasteiger partial charge in [0.2, 0.25) is 5.91 Å². The first-order chi connectivity index (χ1) is 9.35. The van der Waals surface area contributed by atoms with Crippen LogP contribution in [0, 0.1) is 0 Å². The molecule has 110 valence electrons. The molecule has 1 atom stereocenters. The highest BCUT2D eigenvalue weighted by atomic mass is 35.5. The number of thiophene rings is 1. The van der Waals surface area contributed by atoms with Crippen molar-refractivity contribution in [2.24, 2.45) is 0 Å². The minimum Gasteiger partial charge on any atom is -0.352 e. The first-order valence-electron chi connectivity index (χ1n) is 6.14. The van der Waals surface area contributed by atoms with E-state index in [1.54, 1.807) is 12.1 Å². The Bertz CT molecular complexity index is 623. The maximum Gasteiger partial charge on any atom is 0.220 e. The van der Waals surface area contributed by atoms with Crippen LogP contribution in [0.1, 0.15) is 28.9 Å². The van der Waals surface area contributed by atoms with Gasteiger partial charge in [-0.25, -0.2) is 8.42 Å².